The third kappa shape index (κ3) is 5.89. The summed E-state index contributed by atoms with van der Waals surface area (Å²) in [7, 11) is -1.05. The van der Waals surface area contributed by atoms with E-state index in [1.54, 1.807) is 54.6 Å². The number of rotatable bonds is 8. The summed E-state index contributed by atoms with van der Waals surface area (Å²) < 4.78 is 37.0. The summed E-state index contributed by atoms with van der Waals surface area (Å²) in [6.45, 7) is 0. The summed E-state index contributed by atoms with van der Waals surface area (Å²) >= 11 is 6.12. The fraction of sp³-hybridized carbons (Fsp3) is 0.130. The summed E-state index contributed by atoms with van der Waals surface area (Å²) in [6, 6.07) is 18.7. The molecule has 0 spiro atoms. The first kappa shape index (κ1) is 24.2. The summed E-state index contributed by atoms with van der Waals surface area (Å²) in [5, 5.41) is 2.68. The van der Waals surface area contributed by atoms with E-state index in [0.29, 0.717) is 17.0 Å². The van der Waals surface area contributed by atoms with Crippen molar-refractivity contribution < 1.29 is 27.5 Å². The Morgan fingerprint density at radius 1 is 0.970 bits per heavy atom. The number of methoxy groups -OCH3 is 1. The number of halogens is 1. The van der Waals surface area contributed by atoms with Gasteiger partial charge in [0.05, 0.1) is 22.6 Å². The van der Waals surface area contributed by atoms with E-state index in [4.69, 9.17) is 21.1 Å². The monoisotopic (exact) mass is 488 g/mol. The van der Waals surface area contributed by atoms with Crippen LogP contribution in [0, 0.1) is 0 Å². The lowest BCUT2D eigenvalue weighted by Gasteiger charge is -2.19. The Morgan fingerprint density at radius 3 is 2.24 bits per heavy atom. The first-order valence-electron chi connectivity index (χ1n) is 9.69. The smallest absolute Gasteiger partial charge is 0.340 e. The second-order valence-corrected chi connectivity index (χ2v) is 9.06. The van der Waals surface area contributed by atoms with Gasteiger partial charge in [-0.1, -0.05) is 41.9 Å². The largest absolute Gasteiger partial charge is 0.497 e. The molecule has 2 N–H and O–H groups in total. The van der Waals surface area contributed by atoms with Crippen molar-refractivity contribution in [3.63, 3.8) is 0 Å². The van der Waals surface area contributed by atoms with Crippen molar-refractivity contribution in [2.24, 2.45) is 0 Å². The Balaban J connectivity index is 1.90. The van der Waals surface area contributed by atoms with E-state index in [-0.39, 0.29) is 15.5 Å². The van der Waals surface area contributed by atoms with E-state index in [9.17, 15) is 18.0 Å². The van der Waals surface area contributed by atoms with Gasteiger partial charge in [-0.15, -0.1) is 0 Å². The third-order valence-corrected chi connectivity index (χ3v) is 6.40. The number of sulfonamides is 1. The number of amides is 1. The zero-order chi connectivity index (χ0) is 24.0. The van der Waals surface area contributed by atoms with Gasteiger partial charge in [0.1, 0.15) is 5.75 Å². The van der Waals surface area contributed by atoms with Crippen LogP contribution in [-0.4, -0.2) is 34.5 Å². The fourth-order valence-electron chi connectivity index (χ4n) is 2.90. The Labute approximate surface area is 196 Å². The lowest BCUT2D eigenvalue weighted by molar-refractivity contribution is -0.125. The third-order valence-electron chi connectivity index (χ3n) is 4.66. The van der Waals surface area contributed by atoms with Crippen LogP contribution in [0.4, 0.5) is 5.69 Å². The van der Waals surface area contributed by atoms with E-state index in [0.717, 1.165) is 6.07 Å². The molecule has 8 nitrogen and oxygen atoms in total. The highest BCUT2D eigenvalue weighted by atomic mass is 35.5. The van der Waals surface area contributed by atoms with Crippen LogP contribution >= 0.6 is 11.6 Å². The fourth-order valence-corrected chi connectivity index (χ4v) is 3.85. The van der Waals surface area contributed by atoms with Crippen LogP contribution in [0.3, 0.4) is 0 Å². The van der Waals surface area contributed by atoms with Gasteiger partial charge in [-0.3, -0.25) is 4.79 Å². The molecule has 0 fully saturated rings. The molecular weight excluding hydrogens is 468 g/mol. The van der Waals surface area contributed by atoms with Crippen molar-refractivity contribution in [3.8, 4) is 5.75 Å². The molecule has 1 amide bonds. The van der Waals surface area contributed by atoms with E-state index in [1.165, 1.54) is 26.3 Å². The Kier molecular flexibility index (Phi) is 7.70. The van der Waals surface area contributed by atoms with Gasteiger partial charge in [-0.25, -0.2) is 17.9 Å². The molecule has 0 aliphatic carbocycles. The van der Waals surface area contributed by atoms with Crippen molar-refractivity contribution in [1.29, 1.82) is 0 Å². The van der Waals surface area contributed by atoms with Crippen molar-refractivity contribution >= 4 is 39.2 Å². The summed E-state index contributed by atoms with van der Waals surface area (Å²) in [4.78, 5) is 25.8. The number of carbonyl (C=O) groups excluding carboxylic acids is 2. The standard InChI is InChI=1S/C23H21ClN2O6S/c1-25-33(29,30)18-12-13-20(24)19(14-18)23(28)32-21(15-6-4-3-5-7-15)22(27)26-16-8-10-17(31-2)11-9-16/h3-14,21,25H,1-2H3,(H,26,27). The number of ether oxygens (including phenoxy) is 2. The summed E-state index contributed by atoms with van der Waals surface area (Å²) in [6.07, 6.45) is -1.32. The van der Waals surface area contributed by atoms with Gasteiger partial charge in [-0.05, 0) is 49.5 Å². The van der Waals surface area contributed by atoms with Crippen LogP contribution in [0.2, 0.25) is 5.02 Å². The van der Waals surface area contributed by atoms with E-state index in [1.807, 2.05) is 0 Å². The predicted molar refractivity (Wildman–Crippen MR) is 124 cm³/mol. The predicted octanol–water partition coefficient (Wildman–Crippen LogP) is 3.79. The number of esters is 1. The topological polar surface area (TPSA) is 111 Å². The average Bonchev–Trinajstić information content (AvgIpc) is 2.83. The second-order valence-electron chi connectivity index (χ2n) is 6.76. The molecule has 0 aliphatic rings. The van der Waals surface area contributed by atoms with Crippen molar-refractivity contribution in [1.82, 2.24) is 4.72 Å². The van der Waals surface area contributed by atoms with Crippen LogP contribution in [0.5, 0.6) is 5.75 Å². The molecule has 0 bridgehead atoms. The van der Waals surface area contributed by atoms with Crippen LogP contribution < -0.4 is 14.8 Å². The van der Waals surface area contributed by atoms with Gasteiger partial charge < -0.3 is 14.8 Å². The number of anilines is 1. The van der Waals surface area contributed by atoms with E-state index < -0.39 is 28.0 Å². The minimum atomic E-state index is -3.82. The first-order chi connectivity index (χ1) is 15.7. The quantitative estimate of drug-likeness (QED) is 0.467. The SMILES string of the molecule is CNS(=O)(=O)c1ccc(Cl)c(C(=O)OC(C(=O)Nc2ccc(OC)cc2)c2ccccc2)c1. The van der Waals surface area contributed by atoms with Crippen LogP contribution in [0.25, 0.3) is 0 Å². The maximum atomic E-state index is 13.0. The highest BCUT2D eigenvalue weighted by Crippen LogP contribution is 2.26. The van der Waals surface area contributed by atoms with Crippen molar-refractivity contribution in [3.05, 3.63) is 88.9 Å². The maximum absolute atomic E-state index is 13.0. The van der Waals surface area contributed by atoms with Crippen LogP contribution in [0.1, 0.15) is 22.0 Å². The Bertz CT molecular complexity index is 1250. The van der Waals surface area contributed by atoms with Gasteiger partial charge in [-0.2, -0.15) is 0 Å². The highest BCUT2D eigenvalue weighted by Gasteiger charge is 2.27. The van der Waals surface area contributed by atoms with Gasteiger partial charge in [0, 0.05) is 11.3 Å². The lowest BCUT2D eigenvalue weighted by atomic mass is 10.1. The molecule has 172 valence electrons. The van der Waals surface area contributed by atoms with Crippen LogP contribution in [0.15, 0.2) is 77.7 Å². The molecule has 0 heterocycles. The molecule has 1 atom stereocenters. The minimum absolute atomic E-state index is 0.0163. The summed E-state index contributed by atoms with van der Waals surface area (Å²) in [5.41, 5.74) is 0.705. The molecule has 3 aromatic rings. The van der Waals surface area contributed by atoms with E-state index in [2.05, 4.69) is 10.0 Å². The average molecular weight is 489 g/mol. The van der Waals surface area contributed by atoms with Gasteiger partial charge in [0.2, 0.25) is 16.1 Å². The molecule has 10 heteroatoms. The van der Waals surface area contributed by atoms with Crippen LogP contribution in [-0.2, 0) is 19.6 Å². The maximum Gasteiger partial charge on any atom is 0.340 e. The normalized spacial score (nSPS) is 12.0. The highest BCUT2D eigenvalue weighted by molar-refractivity contribution is 7.89. The zero-order valence-corrected chi connectivity index (χ0v) is 19.3. The molecule has 0 saturated heterocycles. The molecule has 3 aromatic carbocycles. The molecule has 3 rings (SSSR count). The van der Waals surface area contributed by atoms with Gasteiger partial charge in [0.25, 0.3) is 5.91 Å². The molecule has 0 aliphatic heterocycles. The molecule has 33 heavy (non-hydrogen) atoms. The zero-order valence-electron chi connectivity index (χ0n) is 17.7. The Morgan fingerprint density at radius 2 is 1.64 bits per heavy atom. The minimum Gasteiger partial charge on any atom is -0.497 e. The molecule has 0 radical (unpaired) electrons. The number of nitrogens with one attached hydrogen (secondary N) is 2. The van der Waals surface area contributed by atoms with E-state index >= 15 is 0 Å². The van der Waals surface area contributed by atoms with Crippen molar-refractivity contribution in [2.75, 3.05) is 19.5 Å². The van der Waals surface area contributed by atoms with Crippen molar-refractivity contribution in [2.45, 2.75) is 11.0 Å². The van der Waals surface area contributed by atoms with Gasteiger partial charge >= 0.3 is 5.97 Å². The number of hydrogen-bond acceptors (Lipinski definition) is 6. The number of hydrogen-bond donors (Lipinski definition) is 2. The second kappa shape index (κ2) is 10.5. The molecule has 0 aromatic heterocycles. The first-order valence-corrected chi connectivity index (χ1v) is 11.5. The summed E-state index contributed by atoms with van der Waals surface area (Å²) in [5.74, 6) is -0.938. The van der Waals surface area contributed by atoms with Gasteiger partial charge in [0.15, 0.2) is 0 Å². The molecule has 0 saturated carbocycles. The number of benzene rings is 3. The molecule has 1 unspecified atom stereocenters. The Hall–Kier alpha value is -3.40. The lowest BCUT2D eigenvalue weighted by Crippen LogP contribution is -2.26. The number of carbonyl (C=O) groups is 2. The molecular formula is C23H21ClN2O6S.